The molecule has 0 bridgehead atoms. The maximum atomic E-state index is 11.5. The Labute approximate surface area is 118 Å². The molecule has 1 heterocycles. The molecule has 2 aromatic rings. The summed E-state index contributed by atoms with van der Waals surface area (Å²) < 4.78 is 7.06. The first-order valence-electron chi connectivity index (χ1n) is 4.43. The number of halogens is 2. The zero-order valence-electron chi connectivity index (χ0n) is 8.21. The predicted octanol–water partition coefficient (Wildman–Crippen LogP) is 3.20. The summed E-state index contributed by atoms with van der Waals surface area (Å²) in [6.45, 7) is 1.36. The molecule has 2 rings (SSSR count). The normalized spacial score (nSPS) is 10.7. The van der Waals surface area contributed by atoms with Crippen LogP contribution in [0.15, 0.2) is 27.4 Å². The highest BCUT2D eigenvalue weighted by Gasteiger charge is 2.11. The number of ketones is 1. The highest BCUT2D eigenvalue weighted by atomic mass is 127. The molecule has 3 nitrogen and oxygen atoms in total. The molecule has 0 amide bonds. The van der Waals surface area contributed by atoms with Crippen LogP contribution in [0.2, 0.25) is 0 Å². The van der Waals surface area contributed by atoms with E-state index < -0.39 is 5.63 Å². The highest BCUT2D eigenvalue weighted by Crippen LogP contribution is 2.23. The van der Waals surface area contributed by atoms with Crippen molar-refractivity contribution in [1.82, 2.24) is 0 Å². The number of Topliss-reactive ketones (excluding diaryl/α,β-unsaturated/α-hetero) is 1. The number of hydrogen-bond donors (Lipinski definition) is 0. The average Bonchev–Trinajstić information content (AvgIpc) is 2.18. The molecule has 0 spiro atoms. The van der Waals surface area contributed by atoms with Crippen LogP contribution in [0.3, 0.4) is 0 Å². The van der Waals surface area contributed by atoms with E-state index in [0.717, 1.165) is 12.5 Å². The summed E-state index contributed by atoms with van der Waals surface area (Å²) in [5.74, 6) is -0.274. The molecule has 0 aliphatic rings. The van der Waals surface area contributed by atoms with Gasteiger partial charge in [-0.1, -0.05) is 0 Å². The first-order chi connectivity index (χ1) is 7.49. The van der Waals surface area contributed by atoms with Gasteiger partial charge < -0.3 is 4.42 Å². The van der Waals surface area contributed by atoms with E-state index in [2.05, 4.69) is 45.2 Å². The predicted molar refractivity (Wildman–Crippen MR) is 77.9 cm³/mol. The lowest BCUT2D eigenvalue weighted by atomic mass is 10.1. The van der Waals surface area contributed by atoms with E-state index in [4.69, 9.17) is 4.42 Å². The van der Waals surface area contributed by atoms with Crippen LogP contribution in [-0.2, 0) is 0 Å². The van der Waals surface area contributed by atoms with Crippen molar-refractivity contribution in [2.24, 2.45) is 0 Å². The maximum Gasteiger partial charge on any atom is 0.347 e. The Kier molecular flexibility index (Phi) is 3.34. The van der Waals surface area contributed by atoms with Gasteiger partial charge in [-0.15, -0.1) is 0 Å². The molecule has 5 heteroatoms. The number of rotatable bonds is 1. The van der Waals surface area contributed by atoms with E-state index in [0.29, 0.717) is 5.58 Å². The van der Waals surface area contributed by atoms with E-state index in [-0.39, 0.29) is 11.3 Å². The molecule has 0 aliphatic heterocycles. The van der Waals surface area contributed by atoms with Crippen LogP contribution in [0.25, 0.3) is 11.0 Å². The minimum Gasteiger partial charge on any atom is -0.421 e. The summed E-state index contributed by atoms with van der Waals surface area (Å²) in [5.41, 5.74) is 0.0699. The molecular weight excluding hydrogens is 434 g/mol. The van der Waals surface area contributed by atoms with Gasteiger partial charge in [0.2, 0.25) is 0 Å². The molecule has 16 heavy (non-hydrogen) atoms. The fraction of sp³-hybridized carbons (Fsp3) is 0.0909. The van der Waals surface area contributed by atoms with E-state index in [9.17, 15) is 9.59 Å². The summed E-state index contributed by atoms with van der Waals surface area (Å²) in [6, 6.07) is 5.39. The van der Waals surface area contributed by atoms with Gasteiger partial charge in [-0.2, -0.15) is 0 Å². The van der Waals surface area contributed by atoms with E-state index in [1.807, 2.05) is 12.1 Å². The SMILES string of the molecule is CC(=O)c1cc2cc(I)cc(I)c2oc1=O. The third-order valence-electron chi connectivity index (χ3n) is 2.13. The van der Waals surface area contributed by atoms with Gasteiger partial charge in [0.15, 0.2) is 11.4 Å². The molecule has 0 N–H and O–H groups in total. The van der Waals surface area contributed by atoms with Crippen molar-refractivity contribution < 1.29 is 9.21 Å². The molecule has 82 valence electrons. The van der Waals surface area contributed by atoms with Gasteiger partial charge in [-0.05, 0) is 70.3 Å². The number of carbonyl (C=O) groups is 1. The summed E-state index contributed by atoms with van der Waals surface area (Å²) in [5, 5.41) is 0.779. The highest BCUT2D eigenvalue weighted by molar-refractivity contribution is 14.1. The topological polar surface area (TPSA) is 47.3 Å². The minimum absolute atomic E-state index is 0.102. The van der Waals surface area contributed by atoms with Crippen molar-refractivity contribution in [3.8, 4) is 0 Å². The number of fused-ring (bicyclic) bond motifs is 1. The Balaban J connectivity index is 2.90. The Hall–Kier alpha value is -0.440. The molecule has 0 unspecified atom stereocenters. The van der Waals surface area contributed by atoms with Crippen molar-refractivity contribution in [2.45, 2.75) is 6.92 Å². The largest absolute Gasteiger partial charge is 0.421 e. The van der Waals surface area contributed by atoms with Gasteiger partial charge in [0.1, 0.15) is 5.56 Å². The van der Waals surface area contributed by atoms with E-state index in [1.54, 1.807) is 6.07 Å². The fourth-order valence-electron chi connectivity index (χ4n) is 1.40. The molecule has 0 atom stereocenters. The smallest absolute Gasteiger partial charge is 0.347 e. The second-order valence-corrected chi connectivity index (χ2v) is 5.72. The van der Waals surface area contributed by atoms with Crippen molar-refractivity contribution in [3.05, 3.63) is 41.3 Å². The monoisotopic (exact) mass is 440 g/mol. The second kappa shape index (κ2) is 4.44. The van der Waals surface area contributed by atoms with Gasteiger partial charge in [0, 0.05) is 8.96 Å². The van der Waals surface area contributed by atoms with Gasteiger partial charge in [0.05, 0.1) is 3.57 Å². The molecule has 1 aromatic carbocycles. The zero-order chi connectivity index (χ0) is 11.9. The maximum absolute atomic E-state index is 11.5. The van der Waals surface area contributed by atoms with Crippen LogP contribution >= 0.6 is 45.2 Å². The Morgan fingerprint density at radius 1 is 1.25 bits per heavy atom. The van der Waals surface area contributed by atoms with Crippen LogP contribution in [0.1, 0.15) is 17.3 Å². The van der Waals surface area contributed by atoms with E-state index >= 15 is 0 Å². The van der Waals surface area contributed by atoms with Crippen LogP contribution in [0.5, 0.6) is 0 Å². The molecular formula is C11H6I2O3. The van der Waals surface area contributed by atoms with Gasteiger partial charge in [0.25, 0.3) is 0 Å². The van der Waals surface area contributed by atoms with Crippen LogP contribution in [0.4, 0.5) is 0 Å². The average molecular weight is 440 g/mol. The Morgan fingerprint density at radius 2 is 1.94 bits per heavy atom. The Bertz CT molecular complexity index is 643. The van der Waals surface area contributed by atoms with Crippen LogP contribution in [0, 0.1) is 7.14 Å². The number of hydrogen-bond acceptors (Lipinski definition) is 3. The molecule has 0 aliphatic carbocycles. The standard InChI is InChI=1S/C11H6I2O3/c1-5(14)8-3-6-2-7(12)4-9(13)10(6)16-11(8)15/h2-4H,1H3. The van der Waals surface area contributed by atoms with Gasteiger partial charge in [-0.3, -0.25) is 4.79 Å². The van der Waals surface area contributed by atoms with Crippen molar-refractivity contribution >= 4 is 61.9 Å². The van der Waals surface area contributed by atoms with Gasteiger partial charge >= 0.3 is 5.63 Å². The van der Waals surface area contributed by atoms with Gasteiger partial charge in [-0.25, -0.2) is 4.79 Å². The quantitative estimate of drug-likeness (QED) is 0.389. The molecule has 1 aromatic heterocycles. The summed E-state index contributed by atoms with van der Waals surface area (Å²) in [7, 11) is 0. The summed E-state index contributed by atoms with van der Waals surface area (Å²) >= 11 is 4.29. The zero-order valence-corrected chi connectivity index (χ0v) is 12.5. The third-order valence-corrected chi connectivity index (χ3v) is 3.56. The van der Waals surface area contributed by atoms with Crippen molar-refractivity contribution in [2.75, 3.05) is 0 Å². The number of carbonyl (C=O) groups excluding carboxylic acids is 1. The fourth-order valence-corrected chi connectivity index (χ4v) is 3.40. The molecule has 0 radical (unpaired) electrons. The van der Waals surface area contributed by atoms with Crippen molar-refractivity contribution in [1.29, 1.82) is 0 Å². The van der Waals surface area contributed by atoms with Crippen LogP contribution in [-0.4, -0.2) is 5.78 Å². The third kappa shape index (κ3) is 2.15. The first-order valence-corrected chi connectivity index (χ1v) is 6.58. The lowest BCUT2D eigenvalue weighted by Crippen LogP contribution is -2.11. The molecule has 0 fully saturated rings. The lowest BCUT2D eigenvalue weighted by Gasteiger charge is -2.02. The Morgan fingerprint density at radius 3 is 2.56 bits per heavy atom. The van der Waals surface area contributed by atoms with Crippen molar-refractivity contribution in [3.63, 3.8) is 0 Å². The summed E-state index contributed by atoms with van der Waals surface area (Å²) in [6.07, 6.45) is 0. The first kappa shape index (κ1) is 12.0. The lowest BCUT2D eigenvalue weighted by molar-refractivity contribution is 0.101. The minimum atomic E-state index is -0.570. The summed E-state index contributed by atoms with van der Waals surface area (Å²) in [4.78, 5) is 22.7. The molecule has 0 saturated heterocycles. The van der Waals surface area contributed by atoms with E-state index in [1.165, 1.54) is 6.92 Å². The second-order valence-electron chi connectivity index (χ2n) is 3.31. The number of benzene rings is 1. The van der Waals surface area contributed by atoms with Crippen LogP contribution < -0.4 is 5.63 Å². The molecule has 0 saturated carbocycles.